The molecule has 2 fully saturated rings. The molecule has 6 nitrogen and oxygen atoms in total. The molecule has 26 heavy (non-hydrogen) atoms. The van der Waals surface area contributed by atoms with Crippen LogP contribution in [0.15, 0.2) is 42.5 Å². The number of hydrogen-bond acceptors (Lipinski definition) is 5. The highest BCUT2D eigenvalue weighted by Gasteiger charge is 2.51. The van der Waals surface area contributed by atoms with Crippen molar-refractivity contribution in [3.63, 3.8) is 0 Å². The van der Waals surface area contributed by atoms with Crippen LogP contribution in [0.5, 0.6) is 5.88 Å². The van der Waals surface area contributed by atoms with E-state index < -0.39 is 5.60 Å². The minimum absolute atomic E-state index is 0.126. The lowest BCUT2D eigenvalue weighted by atomic mass is 9.82. The van der Waals surface area contributed by atoms with E-state index in [2.05, 4.69) is 4.98 Å². The van der Waals surface area contributed by atoms with E-state index in [-0.39, 0.29) is 24.6 Å². The minimum atomic E-state index is -0.722. The summed E-state index contributed by atoms with van der Waals surface area (Å²) in [6.45, 7) is 0.947. The van der Waals surface area contributed by atoms with Crippen LogP contribution in [0.3, 0.4) is 0 Å². The Hall–Kier alpha value is -2.51. The first kappa shape index (κ1) is 16.9. The molecule has 2 aliphatic heterocycles. The lowest BCUT2D eigenvalue weighted by Gasteiger charge is -2.41. The maximum Gasteiger partial charge on any atom is 0.272 e. The number of piperidine rings is 1. The number of nitrogens with zero attached hydrogens (tertiary/aromatic N) is 2. The Morgan fingerprint density at radius 1 is 1.35 bits per heavy atom. The second kappa shape index (κ2) is 6.66. The van der Waals surface area contributed by atoms with Crippen molar-refractivity contribution in [2.75, 3.05) is 27.0 Å². The molecule has 1 aromatic carbocycles. The maximum atomic E-state index is 13.7. The first-order chi connectivity index (χ1) is 12.6. The average Bonchev–Trinajstić information content (AvgIpc) is 3.12. The van der Waals surface area contributed by atoms with E-state index in [1.807, 2.05) is 6.07 Å². The molecule has 2 atom stereocenters. The van der Waals surface area contributed by atoms with Crippen LogP contribution in [0.25, 0.3) is 0 Å². The third-order valence-corrected chi connectivity index (χ3v) is 5.00. The van der Waals surface area contributed by atoms with Crippen molar-refractivity contribution in [2.45, 2.75) is 18.1 Å². The summed E-state index contributed by atoms with van der Waals surface area (Å²) in [5, 5.41) is 0. The zero-order valence-electron chi connectivity index (χ0n) is 14.4. The number of pyridine rings is 1. The van der Waals surface area contributed by atoms with E-state index in [0.29, 0.717) is 31.1 Å². The van der Waals surface area contributed by atoms with Gasteiger partial charge in [0, 0.05) is 19.0 Å². The molecule has 0 N–H and O–H groups in total. The largest absolute Gasteiger partial charge is 0.481 e. The highest BCUT2D eigenvalue weighted by molar-refractivity contribution is 5.92. The van der Waals surface area contributed by atoms with Gasteiger partial charge in [-0.3, -0.25) is 4.79 Å². The fourth-order valence-electron chi connectivity index (χ4n) is 3.63. The number of carbonyl (C=O) groups is 1. The number of methoxy groups -OCH3 is 1. The van der Waals surface area contributed by atoms with Crippen LogP contribution in [0.4, 0.5) is 4.39 Å². The summed E-state index contributed by atoms with van der Waals surface area (Å²) in [5.74, 6) is -0.111. The van der Waals surface area contributed by atoms with E-state index in [4.69, 9.17) is 14.2 Å². The molecule has 0 radical (unpaired) electrons. The summed E-state index contributed by atoms with van der Waals surface area (Å²) in [6, 6.07) is 11.5. The number of benzene rings is 1. The fraction of sp³-hybridized carbons (Fsp3) is 0.368. The number of ether oxygens (including phenoxy) is 3. The fourth-order valence-corrected chi connectivity index (χ4v) is 3.63. The van der Waals surface area contributed by atoms with Crippen molar-refractivity contribution in [1.29, 1.82) is 0 Å². The summed E-state index contributed by atoms with van der Waals surface area (Å²) in [5.41, 5.74) is 0.342. The third kappa shape index (κ3) is 2.83. The number of rotatable bonds is 3. The monoisotopic (exact) mass is 358 g/mol. The number of carbonyl (C=O) groups excluding carboxylic acids is 1. The molecular formula is C19H19FN2O4. The van der Waals surface area contributed by atoms with E-state index >= 15 is 0 Å². The predicted molar refractivity (Wildman–Crippen MR) is 90.2 cm³/mol. The van der Waals surface area contributed by atoms with Gasteiger partial charge in [-0.05, 0) is 23.8 Å². The first-order valence-corrected chi connectivity index (χ1v) is 8.44. The molecule has 2 saturated heterocycles. The van der Waals surface area contributed by atoms with Crippen LogP contribution < -0.4 is 4.74 Å². The normalized spacial score (nSPS) is 25.0. The molecule has 3 heterocycles. The second-order valence-corrected chi connectivity index (χ2v) is 6.38. The molecule has 1 amide bonds. The van der Waals surface area contributed by atoms with Crippen molar-refractivity contribution in [2.24, 2.45) is 0 Å². The van der Waals surface area contributed by atoms with Crippen molar-refractivity contribution in [3.05, 3.63) is 59.5 Å². The Morgan fingerprint density at radius 3 is 3.00 bits per heavy atom. The Kier molecular flexibility index (Phi) is 4.34. The predicted octanol–water partition coefficient (Wildman–Crippen LogP) is 2.34. The van der Waals surface area contributed by atoms with Crippen molar-refractivity contribution < 1.29 is 23.4 Å². The zero-order chi connectivity index (χ0) is 18.1. The summed E-state index contributed by atoms with van der Waals surface area (Å²) in [4.78, 5) is 18.7. The highest BCUT2D eigenvalue weighted by atomic mass is 19.1. The van der Waals surface area contributed by atoms with Gasteiger partial charge in [0.2, 0.25) is 5.88 Å². The summed E-state index contributed by atoms with van der Waals surface area (Å²) in [6.07, 6.45) is 0.171. The minimum Gasteiger partial charge on any atom is -0.481 e. The summed E-state index contributed by atoms with van der Waals surface area (Å²) < 4.78 is 30.4. The van der Waals surface area contributed by atoms with Crippen LogP contribution in [-0.2, 0) is 15.1 Å². The lowest BCUT2D eigenvalue weighted by Crippen LogP contribution is -2.53. The first-order valence-electron chi connectivity index (χ1n) is 8.44. The van der Waals surface area contributed by atoms with Gasteiger partial charge in [0.25, 0.3) is 5.91 Å². The number of likely N-dealkylation sites (tertiary alicyclic amines) is 1. The molecule has 1 aromatic heterocycles. The maximum absolute atomic E-state index is 13.7. The number of halogens is 1. The van der Waals surface area contributed by atoms with Crippen molar-refractivity contribution in [3.8, 4) is 5.88 Å². The van der Waals surface area contributed by atoms with Gasteiger partial charge in [-0.25, -0.2) is 9.37 Å². The molecule has 4 rings (SSSR count). The number of aromatic nitrogens is 1. The van der Waals surface area contributed by atoms with Gasteiger partial charge in [0.05, 0.1) is 13.7 Å². The van der Waals surface area contributed by atoms with Gasteiger partial charge < -0.3 is 19.1 Å². The highest BCUT2D eigenvalue weighted by Crippen LogP contribution is 2.42. The molecule has 2 aliphatic rings. The lowest BCUT2D eigenvalue weighted by molar-refractivity contribution is -0.0441. The van der Waals surface area contributed by atoms with Crippen molar-refractivity contribution in [1.82, 2.24) is 9.88 Å². The molecule has 0 spiro atoms. The molecule has 7 heteroatoms. The van der Waals surface area contributed by atoms with Gasteiger partial charge in [-0.15, -0.1) is 0 Å². The Morgan fingerprint density at radius 2 is 2.19 bits per heavy atom. The molecule has 0 aliphatic carbocycles. The van der Waals surface area contributed by atoms with E-state index in [9.17, 15) is 9.18 Å². The Bertz CT molecular complexity index is 831. The Labute approximate surface area is 150 Å². The van der Waals surface area contributed by atoms with Crippen LogP contribution in [-0.4, -0.2) is 48.9 Å². The van der Waals surface area contributed by atoms with Crippen LogP contribution in [0, 0.1) is 5.82 Å². The quantitative estimate of drug-likeness (QED) is 0.843. The SMILES string of the molecule is COc1cccc(C(=O)N2CC[C@]3(c4cccc(F)c4)OCO[C@@H]3C2)n1. The smallest absolute Gasteiger partial charge is 0.272 e. The summed E-state index contributed by atoms with van der Waals surface area (Å²) in [7, 11) is 1.51. The average molecular weight is 358 g/mol. The van der Waals surface area contributed by atoms with E-state index in [1.54, 1.807) is 29.2 Å². The van der Waals surface area contributed by atoms with Gasteiger partial charge in [-0.1, -0.05) is 18.2 Å². The van der Waals surface area contributed by atoms with Gasteiger partial charge in [0.1, 0.15) is 30.0 Å². The molecular weight excluding hydrogens is 339 g/mol. The standard InChI is InChI=1S/C19H19FN2O4/c1-24-17-7-3-6-15(21-17)18(23)22-9-8-19(16(11-22)25-12-26-19)13-4-2-5-14(20)10-13/h2-7,10,16H,8-9,11-12H2,1H3/t16-,19-/m1/s1. The van der Waals surface area contributed by atoms with E-state index in [1.165, 1.54) is 19.2 Å². The van der Waals surface area contributed by atoms with Crippen molar-refractivity contribution >= 4 is 5.91 Å². The summed E-state index contributed by atoms with van der Waals surface area (Å²) >= 11 is 0. The topological polar surface area (TPSA) is 60.9 Å². The van der Waals surface area contributed by atoms with Crippen LogP contribution >= 0.6 is 0 Å². The molecule has 136 valence electrons. The van der Waals surface area contributed by atoms with Crippen LogP contribution in [0.2, 0.25) is 0 Å². The number of fused-ring (bicyclic) bond motifs is 1. The third-order valence-electron chi connectivity index (χ3n) is 5.00. The second-order valence-electron chi connectivity index (χ2n) is 6.38. The Balaban J connectivity index is 1.57. The molecule has 0 saturated carbocycles. The van der Waals surface area contributed by atoms with Gasteiger partial charge in [0.15, 0.2) is 0 Å². The van der Waals surface area contributed by atoms with Gasteiger partial charge in [-0.2, -0.15) is 0 Å². The number of amides is 1. The molecule has 2 aromatic rings. The number of hydrogen-bond donors (Lipinski definition) is 0. The molecule has 0 bridgehead atoms. The van der Waals surface area contributed by atoms with E-state index in [0.717, 1.165) is 5.56 Å². The zero-order valence-corrected chi connectivity index (χ0v) is 14.4. The van der Waals surface area contributed by atoms with Gasteiger partial charge >= 0.3 is 0 Å². The molecule has 0 unspecified atom stereocenters. The van der Waals surface area contributed by atoms with Crippen LogP contribution in [0.1, 0.15) is 22.5 Å².